The summed E-state index contributed by atoms with van der Waals surface area (Å²) in [6.45, 7) is 9.04. The van der Waals surface area contributed by atoms with Crippen molar-refractivity contribution in [2.75, 3.05) is 11.9 Å². The molecule has 0 amide bonds. The summed E-state index contributed by atoms with van der Waals surface area (Å²) in [5, 5.41) is 7.87. The molecule has 108 valence electrons. The van der Waals surface area contributed by atoms with Crippen molar-refractivity contribution in [1.82, 2.24) is 19.6 Å². The minimum Gasteiger partial charge on any atom is -0.458 e. The number of nitrogens with one attached hydrogen (secondary N) is 1. The van der Waals surface area contributed by atoms with Crippen molar-refractivity contribution in [3.05, 3.63) is 29.3 Å². The maximum atomic E-state index is 5.72. The molecule has 1 N–H and O–H groups in total. The molecule has 0 radical (unpaired) electrons. The lowest BCUT2D eigenvalue weighted by Crippen LogP contribution is -2.20. The lowest BCUT2D eigenvalue weighted by Gasteiger charge is -2.17. The van der Waals surface area contributed by atoms with Gasteiger partial charge in [0.2, 0.25) is 5.82 Å². The van der Waals surface area contributed by atoms with Crippen LogP contribution < -0.4 is 5.32 Å². The van der Waals surface area contributed by atoms with Crippen molar-refractivity contribution in [2.24, 2.45) is 0 Å². The zero-order chi connectivity index (χ0) is 14.8. The van der Waals surface area contributed by atoms with Crippen LogP contribution in [0.2, 0.25) is 0 Å². The van der Waals surface area contributed by atoms with Crippen molar-refractivity contribution < 1.29 is 4.42 Å². The average molecular weight is 283 g/mol. The standard InChI is InChI=1S/C15H17N5O/c1-8-5-6-10(21-8)13-18-12-11(15(3,4)7-16-12)14-17-9(2)19-20(13)14/h5-6,16H,7H2,1-4H3. The monoisotopic (exact) mass is 283 g/mol. The molecule has 0 unspecified atom stereocenters. The van der Waals surface area contributed by atoms with Gasteiger partial charge in [-0.05, 0) is 26.0 Å². The van der Waals surface area contributed by atoms with Gasteiger partial charge in [0.1, 0.15) is 17.4 Å². The van der Waals surface area contributed by atoms with Crippen LogP contribution in [0.3, 0.4) is 0 Å². The number of nitrogens with zero attached hydrogens (tertiary/aromatic N) is 4. The van der Waals surface area contributed by atoms with Crippen LogP contribution in [0.1, 0.15) is 31.0 Å². The van der Waals surface area contributed by atoms with E-state index in [-0.39, 0.29) is 5.41 Å². The van der Waals surface area contributed by atoms with E-state index in [2.05, 4.69) is 29.2 Å². The highest BCUT2D eigenvalue weighted by Crippen LogP contribution is 2.39. The summed E-state index contributed by atoms with van der Waals surface area (Å²) in [5.41, 5.74) is 1.97. The second-order valence-electron chi connectivity index (χ2n) is 6.20. The quantitative estimate of drug-likeness (QED) is 0.743. The smallest absolute Gasteiger partial charge is 0.200 e. The first-order chi connectivity index (χ1) is 9.95. The van der Waals surface area contributed by atoms with E-state index < -0.39 is 0 Å². The molecule has 1 aliphatic heterocycles. The fourth-order valence-electron chi connectivity index (χ4n) is 2.90. The second kappa shape index (κ2) is 3.84. The van der Waals surface area contributed by atoms with Crippen LogP contribution in [0, 0.1) is 13.8 Å². The molecule has 3 aromatic heterocycles. The number of aryl methyl sites for hydroxylation is 2. The van der Waals surface area contributed by atoms with Crippen LogP contribution in [0.15, 0.2) is 16.5 Å². The molecular formula is C15H17N5O. The highest BCUT2D eigenvalue weighted by atomic mass is 16.3. The van der Waals surface area contributed by atoms with Crippen molar-refractivity contribution in [2.45, 2.75) is 33.1 Å². The topological polar surface area (TPSA) is 68.2 Å². The van der Waals surface area contributed by atoms with E-state index in [1.165, 1.54) is 0 Å². The number of aromatic nitrogens is 4. The van der Waals surface area contributed by atoms with Gasteiger partial charge in [-0.25, -0.2) is 9.97 Å². The molecule has 21 heavy (non-hydrogen) atoms. The Morgan fingerprint density at radius 3 is 2.76 bits per heavy atom. The van der Waals surface area contributed by atoms with E-state index in [1.54, 1.807) is 4.52 Å². The SMILES string of the molecule is Cc1nc2c3c(nc(-c4ccc(C)o4)n2n1)NCC3(C)C. The van der Waals surface area contributed by atoms with Crippen LogP contribution in [-0.2, 0) is 5.41 Å². The Morgan fingerprint density at radius 1 is 1.24 bits per heavy atom. The molecule has 0 spiro atoms. The van der Waals surface area contributed by atoms with E-state index >= 15 is 0 Å². The van der Waals surface area contributed by atoms with Gasteiger partial charge in [0.05, 0.1) is 0 Å². The largest absolute Gasteiger partial charge is 0.458 e. The Balaban J connectivity index is 2.09. The van der Waals surface area contributed by atoms with Crippen LogP contribution >= 0.6 is 0 Å². The maximum absolute atomic E-state index is 5.72. The van der Waals surface area contributed by atoms with Gasteiger partial charge in [0.15, 0.2) is 11.4 Å². The Hall–Kier alpha value is -2.37. The number of hydrogen-bond donors (Lipinski definition) is 1. The summed E-state index contributed by atoms with van der Waals surface area (Å²) >= 11 is 0. The van der Waals surface area contributed by atoms with E-state index in [0.29, 0.717) is 11.6 Å². The first-order valence-electron chi connectivity index (χ1n) is 7.04. The molecule has 1 aliphatic rings. The lowest BCUT2D eigenvalue weighted by atomic mass is 9.88. The third-order valence-corrected chi connectivity index (χ3v) is 3.93. The van der Waals surface area contributed by atoms with Gasteiger partial charge in [-0.3, -0.25) is 0 Å². The van der Waals surface area contributed by atoms with E-state index in [9.17, 15) is 0 Å². The Morgan fingerprint density at radius 2 is 2.05 bits per heavy atom. The summed E-state index contributed by atoms with van der Waals surface area (Å²) in [6, 6.07) is 3.85. The van der Waals surface area contributed by atoms with Gasteiger partial charge >= 0.3 is 0 Å². The number of fused-ring (bicyclic) bond motifs is 3. The summed E-state index contributed by atoms with van der Waals surface area (Å²) in [4.78, 5) is 9.33. The molecule has 0 saturated carbocycles. The molecule has 4 heterocycles. The zero-order valence-corrected chi connectivity index (χ0v) is 12.6. The Labute approximate surface area is 122 Å². The third kappa shape index (κ3) is 1.68. The zero-order valence-electron chi connectivity index (χ0n) is 12.6. The fraction of sp³-hybridized carbons (Fsp3) is 0.400. The van der Waals surface area contributed by atoms with Gasteiger partial charge in [0.25, 0.3) is 0 Å². The highest BCUT2D eigenvalue weighted by molar-refractivity contribution is 5.71. The fourth-order valence-corrected chi connectivity index (χ4v) is 2.90. The number of furan rings is 1. The molecule has 4 rings (SSSR count). The molecule has 0 aliphatic carbocycles. The molecule has 6 heteroatoms. The first kappa shape index (κ1) is 12.4. The number of hydrogen-bond acceptors (Lipinski definition) is 5. The summed E-state index contributed by atoms with van der Waals surface area (Å²) in [6.07, 6.45) is 0. The predicted octanol–water partition coefficient (Wildman–Crippen LogP) is 2.70. The second-order valence-corrected chi connectivity index (χ2v) is 6.20. The molecule has 6 nitrogen and oxygen atoms in total. The van der Waals surface area contributed by atoms with Crippen LogP contribution in [0.5, 0.6) is 0 Å². The number of anilines is 1. The molecule has 0 saturated heterocycles. The molecular weight excluding hydrogens is 266 g/mol. The maximum Gasteiger partial charge on any atom is 0.200 e. The van der Waals surface area contributed by atoms with Gasteiger partial charge in [-0.1, -0.05) is 13.8 Å². The molecule has 0 atom stereocenters. The summed E-state index contributed by atoms with van der Waals surface area (Å²) in [7, 11) is 0. The van der Waals surface area contributed by atoms with E-state index in [4.69, 9.17) is 9.40 Å². The van der Waals surface area contributed by atoms with Crippen molar-refractivity contribution in [3.8, 4) is 11.6 Å². The van der Waals surface area contributed by atoms with Crippen LogP contribution in [-0.4, -0.2) is 26.1 Å². The highest BCUT2D eigenvalue weighted by Gasteiger charge is 2.35. The Kier molecular flexibility index (Phi) is 2.26. The summed E-state index contributed by atoms with van der Waals surface area (Å²) in [5.74, 6) is 3.85. The number of rotatable bonds is 1. The van der Waals surface area contributed by atoms with Crippen LogP contribution in [0.4, 0.5) is 5.82 Å². The Bertz CT molecular complexity index is 858. The lowest BCUT2D eigenvalue weighted by molar-refractivity contribution is 0.541. The first-order valence-corrected chi connectivity index (χ1v) is 7.04. The molecule has 0 bridgehead atoms. The predicted molar refractivity (Wildman–Crippen MR) is 79.5 cm³/mol. The van der Waals surface area contributed by atoms with Gasteiger partial charge in [0, 0.05) is 17.5 Å². The van der Waals surface area contributed by atoms with Crippen molar-refractivity contribution >= 4 is 11.5 Å². The van der Waals surface area contributed by atoms with Gasteiger partial charge < -0.3 is 9.73 Å². The van der Waals surface area contributed by atoms with E-state index in [0.717, 1.165) is 35.2 Å². The third-order valence-electron chi connectivity index (χ3n) is 3.93. The van der Waals surface area contributed by atoms with Gasteiger partial charge in [-0.2, -0.15) is 4.52 Å². The molecule has 0 fully saturated rings. The average Bonchev–Trinajstić information content (AvgIpc) is 3.06. The minimum absolute atomic E-state index is 0.0132. The van der Waals surface area contributed by atoms with Crippen molar-refractivity contribution in [1.29, 1.82) is 0 Å². The minimum atomic E-state index is -0.0132. The molecule has 0 aromatic carbocycles. The summed E-state index contributed by atoms with van der Waals surface area (Å²) < 4.78 is 7.51. The van der Waals surface area contributed by atoms with Gasteiger partial charge in [-0.15, -0.1) is 5.10 Å². The molecule has 3 aromatic rings. The van der Waals surface area contributed by atoms with Crippen LogP contribution in [0.25, 0.3) is 17.2 Å². The van der Waals surface area contributed by atoms with Crippen molar-refractivity contribution in [3.63, 3.8) is 0 Å². The van der Waals surface area contributed by atoms with E-state index in [1.807, 2.05) is 26.0 Å². The normalized spacial score (nSPS) is 16.2.